The van der Waals surface area contributed by atoms with Crippen LogP contribution in [0.5, 0.6) is 0 Å². The van der Waals surface area contributed by atoms with Crippen molar-refractivity contribution in [1.29, 1.82) is 0 Å². The average molecular weight is 208 g/mol. The largest absolute Gasteiger partial charge is 0.0911 e. The summed E-state index contributed by atoms with van der Waals surface area (Å²) in [7, 11) is 0. The van der Waals surface area contributed by atoms with Gasteiger partial charge < -0.3 is 0 Å². The predicted molar refractivity (Wildman–Crippen MR) is 70.2 cm³/mol. The van der Waals surface area contributed by atoms with Crippen LogP contribution in [-0.2, 0) is 0 Å². The molecule has 0 N–H and O–H groups in total. The Labute approximate surface area is 95.9 Å². The fourth-order valence-corrected chi connectivity index (χ4v) is 1.95. The molecule has 80 valence electrons. The molecule has 0 aliphatic carbocycles. The van der Waals surface area contributed by atoms with Crippen LogP contribution in [0.3, 0.4) is 0 Å². The fourth-order valence-electron chi connectivity index (χ4n) is 1.95. The Morgan fingerprint density at radius 2 is 1.75 bits per heavy atom. The molecule has 0 heterocycles. The highest BCUT2D eigenvalue weighted by Gasteiger charge is 1.89. The highest BCUT2D eigenvalue weighted by molar-refractivity contribution is 5.29. The van der Waals surface area contributed by atoms with Gasteiger partial charge in [-0.15, -0.1) is 0 Å². The third-order valence-electron chi connectivity index (χ3n) is 2.83. The standard InChI is InChI=1S/C16H16/c1-4-14-11-12(2)9-10-16(14)15-8-6-5-7-13(15)3/h4-11H,3H2,1-2H3/b14-4?,16-15-. The fraction of sp³-hybridized carbons (Fsp3) is 0.125. The predicted octanol–water partition coefficient (Wildman–Crippen LogP) is 2.49. The lowest BCUT2D eigenvalue weighted by Gasteiger charge is -1.95. The van der Waals surface area contributed by atoms with E-state index in [4.69, 9.17) is 0 Å². The molecule has 0 nitrogen and oxygen atoms in total. The molecule has 0 atom stereocenters. The van der Waals surface area contributed by atoms with Crippen LogP contribution in [0.2, 0.25) is 0 Å². The SMILES string of the molecule is C=c1cccc/c1=c1\ccc(C)cc1=CC. The van der Waals surface area contributed by atoms with Crippen LogP contribution in [-0.4, -0.2) is 0 Å². The lowest BCUT2D eigenvalue weighted by atomic mass is 10.1. The van der Waals surface area contributed by atoms with Crippen molar-refractivity contribution in [2.24, 2.45) is 0 Å². The Morgan fingerprint density at radius 3 is 2.44 bits per heavy atom. The third kappa shape index (κ3) is 1.92. The Balaban J connectivity index is 3.12. The first-order chi connectivity index (χ1) is 7.72. The molecule has 0 heteroatoms. The molecule has 0 saturated carbocycles. The summed E-state index contributed by atoms with van der Waals surface area (Å²) in [4.78, 5) is 0. The first-order valence-electron chi connectivity index (χ1n) is 5.53. The van der Waals surface area contributed by atoms with Crippen LogP contribution in [0.4, 0.5) is 0 Å². The van der Waals surface area contributed by atoms with Crippen LogP contribution in [0, 0.1) is 17.4 Å². The van der Waals surface area contributed by atoms with E-state index < -0.39 is 0 Å². The van der Waals surface area contributed by atoms with Gasteiger partial charge in [-0.2, -0.15) is 0 Å². The highest BCUT2D eigenvalue weighted by Crippen LogP contribution is 1.94. The molecule has 0 saturated heterocycles. The van der Waals surface area contributed by atoms with Crippen molar-refractivity contribution < 1.29 is 0 Å². The minimum Gasteiger partial charge on any atom is -0.0911 e. The molecular weight excluding hydrogens is 192 g/mol. The summed E-state index contributed by atoms with van der Waals surface area (Å²) in [5.41, 5.74) is 1.29. The summed E-state index contributed by atoms with van der Waals surface area (Å²) in [6.45, 7) is 8.27. The Morgan fingerprint density at radius 1 is 1.00 bits per heavy atom. The zero-order chi connectivity index (χ0) is 11.5. The number of rotatable bonds is 0. The van der Waals surface area contributed by atoms with E-state index in [2.05, 4.69) is 62.9 Å². The number of benzene rings is 2. The monoisotopic (exact) mass is 208 g/mol. The first kappa shape index (κ1) is 10.7. The second-order valence-corrected chi connectivity index (χ2v) is 4.04. The van der Waals surface area contributed by atoms with E-state index in [1.807, 2.05) is 6.07 Å². The zero-order valence-electron chi connectivity index (χ0n) is 9.83. The topological polar surface area (TPSA) is 0 Å². The van der Waals surface area contributed by atoms with Crippen LogP contribution >= 0.6 is 0 Å². The molecular formula is C16H16. The van der Waals surface area contributed by atoms with E-state index in [1.165, 1.54) is 21.2 Å². The molecule has 0 aliphatic heterocycles. The number of aryl methyl sites for hydroxylation is 1. The van der Waals surface area contributed by atoms with Crippen molar-refractivity contribution in [3.63, 3.8) is 0 Å². The van der Waals surface area contributed by atoms with E-state index in [0.717, 1.165) is 5.22 Å². The van der Waals surface area contributed by atoms with Crippen molar-refractivity contribution in [2.75, 3.05) is 0 Å². The molecule has 0 spiro atoms. The normalized spacial score (nSPS) is 14.0. The van der Waals surface area contributed by atoms with E-state index in [9.17, 15) is 0 Å². The van der Waals surface area contributed by atoms with E-state index in [0.29, 0.717) is 0 Å². The molecule has 0 aliphatic rings. The van der Waals surface area contributed by atoms with E-state index >= 15 is 0 Å². The molecule has 0 radical (unpaired) electrons. The molecule has 16 heavy (non-hydrogen) atoms. The molecule has 0 fully saturated rings. The summed E-state index contributed by atoms with van der Waals surface area (Å²) in [6.07, 6.45) is 2.15. The van der Waals surface area contributed by atoms with Crippen molar-refractivity contribution in [1.82, 2.24) is 0 Å². The molecule has 2 aromatic rings. The van der Waals surface area contributed by atoms with E-state index in [1.54, 1.807) is 0 Å². The zero-order valence-corrected chi connectivity index (χ0v) is 9.83. The maximum Gasteiger partial charge on any atom is -0.0109 e. The Kier molecular flexibility index (Phi) is 2.91. The van der Waals surface area contributed by atoms with Gasteiger partial charge in [0.15, 0.2) is 0 Å². The van der Waals surface area contributed by atoms with Gasteiger partial charge in [0.25, 0.3) is 0 Å². The maximum atomic E-state index is 4.08. The van der Waals surface area contributed by atoms with Gasteiger partial charge in [-0.05, 0) is 34.7 Å². The van der Waals surface area contributed by atoms with Gasteiger partial charge in [-0.1, -0.05) is 60.7 Å². The molecule has 0 amide bonds. The number of hydrogen-bond donors (Lipinski definition) is 0. The summed E-state index contributed by atoms with van der Waals surface area (Å²) in [5.74, 6) is 0. The van der Waals surface area contributed by atoms with Gasteiger partial charge in [-0.3, -0.25) is 0 Å². The van der Waals surface area contributed by atoms with Gasteiger partial charge in [0.2, 0.25) is 0 Å². The summed E-state index contributed by atoms with van der Waals surface area (Å²) >= 11 is 0. The molecule has 0 bridgehead atoms. The Bertz CT molecular complexity index is 694. The quantitative estimate of drug-likeness (QED) is 0.624. The van der Waals surface area contributed by atoms with Gasteiger partial charge in [0.05, 0.1) is 0 Å². The van der Waals surface area contributed by atoms with Gasteiger partial charge in [-0.25, -0.2) is 0 Å². The lowest BCUT2D eigenvalue weighted by Crippen LogP contribution is -2.08. The second-order valence-electron chi connectivity index (χ2n) is 4.04. The second kappa shape index (κ2) is 4.36. The minimum absolute atomic E-state index is 1.08. The van der Waals surface area contributed by atoms with Crippen molar-refractivity contribution in [3.8, 4) is 0 Å². The molecule has 2 aromatic carbocycles. The molecule has 0 unspecified atom stereocenters. The smallest absolute Gasteiger partial charge is 0.0109 e. The van der Waals surface area contributed by atoms with Crippen molar-refractivity contribution in [3.05, 3.63) is 68.9 Å². The van der Waals surface area contributed by atoms with Crippen LogP contribution < -0.4 is 10.4 Å². The number of hydrogen-bond acceptors (Lipinski definition) is 0. The Hall–Kier alpha value is -1.82. The average Bonchev–Trinajstić information content (AvgIpc) is 2.30. The molecule has 0 aromatic heterocycles. The summed E-state index contributed by atoms with van der Waals surface area (Å²) in [6, 6.07) is 14.8. The van der Waals surface area contributed by atoms with Crippen LogP contribution in [0.1, 0.15) is 12.5 Å². The third-order valence-corrected chi connectivity index (χ3v) is 2.83. The van der Waals surface area contributed by atoms with Crippen LogP contribution in [0.15, 0.2) is 42.5 Å². The van der Waals surface area contributed by atoms with Crippen molar-refractivity contribution >= 4 is 12.7 Å². The van der Waals surface area contributed by atoms with Crippen LogP contribution in [0.25, 0.3) is 12.7 Å². The first-order valence-corrected chi connectivity index (χ1v) is 5.53. The summed E-state index contributed by atoms with van der Waals surface area (Å²) < 4.78 is 0. The minimum atomic E-state index is 1.08. The highest BCUT2D eigenvalue weighted by atomic mass is 13.9. The molecule has 2 rings (SSSR count). The van der Waals surface area contributed by atoms with Gasteiger partial charge in [0, 0.05) is 0 Å². The van der Waals surface area contributed by atoms with Gasteiger partial charge >= 0.3 is 0 Å². The van der Waals surface area contributed by atoms with Gasteiger partial charge in [0.1, 0.15) is 0 Å². The van der Waals surface area contributed by atoms with Crippen molar-refractivity contribution in [2.45, 2.75) is 13.8 Å². The summed E-state index contributed by atoms with van der Waals surface area (Å²) in [5, 5.41) is 4.83. The maximum absolute atomic E-state index is 4.08. The lowest BCUT2D eigenvalue weighted by molar-refractivity contribution is 1.35. The van der Waals surface area contributed by atoms with E-state index in [-0.39, 0.29) is 0 Å².